The van der Waals surface area contributed by atoms with Crippen molar-refractivity contribution in [2.24, 2.45) is 0 Å². The van der Waals surface area contributed by atoms with Crippen molar-refractivity contribution in [3.8, 4) is 16.3 Å². The number of carbonyl (C=O) groups is 1. The topological polar surface area (TPSA) is 54.5 Å². The van der Waals surface area contributed by atoms with Crippen molar-refractivity contribution >= 4 is 17.2 Å². The van der Waals surface area contributed by atoms with E-state index in [1.165, 1.54) is 11.3 Å². The van der Waals surface area contributed by atoms with Crippen molar-refractivity contribution in [1.29, 1.82) is 0 Å². The fourth-order valence-corrected chi connectivity index (χ4v) is 4.00. The molecule has 0 aliphatic carbocycles. The smallest absolute Gasteiger partial charge is 0.273 e. The van der Waals surface area contributed by atoms with E-state index in [4.69, 9.17) is 4.74 Å². The lowest BCUT2D eigenvalue weighted by atomic mass is 10.2. The Morgan fingerprint density at radius 3 is 2.77 bits per heavy atom. The molecule has 140 valence electrons. The number of nitrogens with one attached hydrogen (secondary N) is 1. The van der Waals surface area contributed by atoms with Gasteiger partial charge in [0.05, 0.1) is 6.10 Å². The standard InChI is InChI=1S/C20H27N3O2S/c1-4-11-23(16-9-10-21-12-16)20(24)18-13-26-19(22-18)15-5-7-17(8-6-15)25-14(2)3/h5-8,13-14,16,21H,4,9-12H2,1-3H3. The van der Waals surface area contributed by atoms with Gasteiger partial charge >= 0.3 is 0 Å². The van der Waals surface area contributed by atoms with Gasteiger partial charge in [0, 0.05) is 30.1 Å². The lowest BCUT2D eigenvalue weighted by molar-refractivity contribution is 0.0687. The molecule has 1 amide bonds. The average molecular weight is 374 g/mol. The SMILES string of the molecule is CCCN(C(=O)c1csc(-c2ccc(OC(C)C)cc2)n1)C1CCNC1. The van der Waals surface area contributed by atoms with Crippen molar-refractivity contribution in [2.45, 2.75) is 45.8 Å². The molecule has 2 aromatic rings. The predicted octanol–water partition coefficient (Wildman–Crippen LogP) is 3.81. The Balaban J connectivity index is 1.74. The summed E-state index contributed by atoms with van der Waals surface area (Å²) < 4.78 is 5.68. The first-order valence-corrected chi connectivity index (χ1v) is 10.2. The van der Waals surface area contributed by atoms with Crippen LogP contribution in [0.1, 0.15) is 44.1 Å². The number of ether oxygens (including phenoxy) is 1. The minimum atomic E-state index is 0.0443. The zero-order valence-electron chi connectivity index (χ0n) is 15.7. The third-order valence-corrected chi connectivity index (χ3v) is 5.29. The monoisotopic (exact) mass is 373 g/mol. The molecule has 0 bridgehead atoms. The van der Waals surface area contributed by atoms with Crippen LogP contribution < -0.4 is 10.1 Å². The van der Waals surface area contributed by atoms with E-state index in [0.717, 1.165) is 48.8 Å². The highest BCUT2D eigenvalue weighted by Gasteiger charge is 2.28. The summed E-state index contributed by atoms with van der Waals surface area (Å²) in [5, 5.41) is 6.09. The Bertz CT molecular complexity index is 721. The quantitative estimate of drug-likeness (QED) is 0.802. The Morgan fingerprint density at radius 1 is 1.38 bits per heavy atom. The summed E-state index contributed by atoms with van der Waals surface area (Å²) >= 11 is 1.51. The van der Waals surface area contributed by atoms with Gasteiger partial charge in [0.1, 0.15) is 16.5 Å². The van der Waals surface area contributed by atoms with Crippen LogP contribution >= 0.6 is 11.3 Å². The van der Waals surface area contributed by atoms with Crippen LogP contribution in [-0.4, -0.2) is 47.6 Å². The van der Waals surface area contributed by atoms with E-state index >= 15 is 0 Å². The number of carbonyl (C=O) groups excluding carboxylic acids is 1. The molecule has 1 N–H and O–H groups in total. The van der Waals surface area contributed by atoms with Gasteiger partial charge in [-0.3, -0.25) is 4.79 Å². The summed E-state index contributed by atoms with van der Waals surface area (Å²) in [5.41, 5.74) is 1.56. The number of amides is 1. The van der Waals surface area contributed by atoms with Crippen molar-refractivity contribution in [3.05, 3.63) is 35.3 Å². The van der Waals surface area contributed by atoms with Gasteiger partial charge in [-0.2, -0.15) is 0 Å². The molecule has 6 heteroatoms. The fraction of sp³-hybridized carbons (Fsp3) is 0.500. The summed E-state index contributed by atoms with van der Waals surface area (Å²) in [6.07, 6.45) is 2.12. The number of aromatic nitrogens is 1. The van der Waals surface area contributed by atoms with Crippen molar-refractivity contribution < 1.29 is 9.53 Å². The summed E-state index contributed by atoms with van der Waals surface area (Å²) in [7, 11) is 0. The van der Waals surface area contributed by atoms with Gasteiger partial charge < -0.3 is 15.0 Å². The number of hydrogen-bond donors (Lipinski definition) is 1. The summed E-state index contributed by atoms with van der Waals surface area (Å²) in [5.74, 6) is 0.891. The molecule has 5 nitrogen and oxygen atoms in total. The third kappa shape index (κ3) is 4.43. The molecule has 0 saturated carbocycles. The first kappa shape index (κ1) is 18.9. The van der Waals surface area contributed by atoms with Crippen LogP contribution in [0, 0.1) is 0 Å². The molecule has 0 spiro atoms. The van der Waals surface area contributed by atoms with Crippen LogP contribution in [0.5, 0.6) is 5.75 Å². The molecule has 0 radical (unpaired) electrons. The molecule has 1 atom stereocenters. The zero-order valence-corrected chi connectivity index (χ0v) is 16.5. The molecular weight excluding hydrogens is 346 g/mol. The summed E-state index contributed by atoms with van der Waals surface area (Å²) in [4.78, 5) is 19.6. The van der Waals surface area contributed by atoms with Crippen LogP contribution in [0.15, 0.2) is 29.6 Å². The lowest BCUT2D eigenvalue weighted by Gasteiger charge is -2.27. The highest BCUT2D eigenvalue weighted by molar-refractivity contribution is 7.13. The van der Waals surface area contributed by atoms with Gasteiger partial charge in [0.2, 0.25) is 0 Å². The van der Waals surface area contributed by atoms with Crippen LogP contribution in [0.2, 0.25) is 0 Å². The molecule has 1 saturated heterocycles. The van der Waals surface area contributed by atoms with E-state index in [0.29, 0.717) is 5.69 Å². The van der Waals surface area contributed by atoms with Crippen molar-refractivity contribution in [1.82, 2.24) is 15.2 Å². The highest BCUT2D eigenvalue weighted by atomic mass is 32.1. The molecule has 1 aromatic heterocycles. The molecule has 2 heterocycles. The predicted molar refractivity (Wildman–Crippen MR) is 106 cm³/mol. The van der Waals surface area contributed by atoms with Crippen LogP contribution in [0.4, 0.5) is 0 Å². The molecule has 1 aliphatic rings. The highest BCUT2D eigenvalue weighted by Crippen LogP contribution is 2.27. The first-order chi connectivity index (χ1) is 12.6. The Hall–Kier alpha value is -1.92. The van der Waals surface area contributed by atoms with E-state index in [1.807, 2.05) is 48.4 Å². The Labute approximate surface area is 159 Å². The maximum Gasteiger partial charge on any atom is 0.273 e. The maximum absolute atomic E-state index is 13.0. The number of rotatable bonds is 7. The lowest BCUT2D eigenvalue weighted by Crippen LogP contribution is -2.42. The van der Waals surface area contributed by atoms with Crippen molar-refractivity contribution in [3.63, 3.8) is 0 Å². The average Bonchev–Trinajstić information content (AvgIpc) is 3.31. The second-order valence-electron chi connectivity index (χ2n) is 6.87. The zero-order chi connectivity index (χ0) is 18.5. The molecule has 3 rings (SSSR count). The van der Waals surface area contributed by atoms with E-state index < -0.39 is 0 Å². The number of hydrogen-bond acceptors (Lipinski definition) is 5. The van der Waals surface area contributed by atoms with Crippen LogP contribution in [-0.2, 0) is 0 Å². The second-order valence-corrected chi connectivity index (χ2v) is 7.73. The molecule has 1 fully saturated rings. The van der Waals surface area contributed by atoms with Crippen molar-refractivity contribution in [2.75, 3.05) is 19.6 Å². The normalized spacial score (nSPS) is 16.8. The van der Waals surface area contributed by atoms with Gasteiger partial charge in [-0.1, -0.05) is 6.92 Å². The molecule has 1 unspecified atom stereocenters. The van der Waals surface area contributed by atoms with Gasteiger partial charge in [-0.05, 0) is 57.5 Å². The molecule has 1 aromatic carbocycles. The minimum absolute atomic E-state index is 0.0443. The number of nitrogens with zero attached hydrogens (tertiary/aromatic N) is 2. The van der Waals surface area contributed by atoms with E-state index in [9.17, 15) is 4.79 Å². The first-order valence-electron chi connectivity index (χ1n) is 9.32. The minimum Gasteiger partial charge on any atom is -0.491 e. The largest absolute Gasteiger partial charge is 0.491 e. The maximum atomic E-state index is 13.0. The fourth-order valence-electron chi connectivity index (χ4n) is 3.20. The number of benzene rings is 1. The van der Waals surface area contributed by atoms with E-state index in [2.05, 4.69) is 17.2 Å². The number of thiazole rings is 1. The van der Waals surface area contributed by atoms with Gasteiger partial charge in [-0.25, -0.2) is 4.98 Å². The summed E-state index contributed by atoms with van der Waals surface area (Å²) in [6.45, 7) is 8.75. The van der Waals surface area contributed by atoms with Gasteiger partial charge in [0.15, 0.2) is 0 Å². The van der Waals surface area contributed by atoms with Gasteiger partial charge in [-0.15, -0.1) is 11.3 Å². The Kier molecular flexibility index (Phi) is 6.27. The second kappa shape index (κ2) is 8.64. The van der Waals surface area contributed by atoms with Crippen LogP contribution in [0.3, 0.4) is 0 Å². The molecule has 26 heavy (non-hydrogen) atoms. The van der Waals surface area contributed by atoms with E-state index in [1.54, 1.807) is 0 Å². The van der Waals surface area contributed by atoms with Gasteiger partial charge in [0.25, 0.3) is 5.91 Å². The summed E-state index contributed by atoms with van der Waals surface area (Å²) in [6, 6.07) is 8.17. The molecular formula is C20H27N3O2S. The molecule has 1 aliphatic heterocycles. The van der Waals surface area contributed by atoms with E-state index in [-0.39, 0.29) is 18.1 Å². The van der Waals surface area contributed by atoms with Crippen LogP contribution in [0.25, 0.3) is 10.6 Å². The Morgan fingerprint density at radius 2 is 2.15 bits per heavy atom. The third-order valence-electron chi connectivity index (χ3n) is 4.40.